The third kappa shape index (κ3) is 4.40. The minimum Gasteiger partial charge on any atom is -0.404 e. The van der Waals surface area contributed by atoms with Gasteiger partial charge in [0.1, 0.15) is 11.4 Å². The Morgan fingerprint density at radius 3 is 2.29 bits per heavy atom. The summed E-state index contributed by atoms with van der Waals surface area (Å²) in [5.41, 5.74) is -1.26. The van der Waals surface area contributed by atoms with Crippen LogP contribution in [-0.2, 0) is 6.18 Å². The van der Waals surface area contributed by atoms with Crippen molar-refractivity contribution < 1.29 is 31.1 Å². The smallest absolute Gasteiger partial charge is 0.404 e. The molecule has 5 nitrogen and oxygen atoms in total. The maximum Gasteiger partial charge on any atom is 0.573 e. The lowest BCUT2D eigenvalue weighted by molar-refractivity contribution is -0.274. The van der Waals surface area contributed by atoms with Crippen molar-refractivity contribution in [1.29, 1.82) is 0 Å². The molecule has 1 heterocycles. The molecule has 2 aromatic rings. The summed E-state index contributed by atoms with van der Waals surface area (Å²) in [6, 6.07) is 4.99. The quantitative estimate of drug-likeness (QED) is 0.809. The van der Waals surface area contributed by atoms with Crippen molar-refractivity contribution in [2.75, 3.05) is 17.7 Å². The van der Waals surface area contributed by atoms with Crippen molar-refractivity contribution in [2.45, 2.75) is 12.5 Å². The zero-order valence-corrected chi connectivity index (χ0v) is 12.0. The average Bonchev–Trinajstić information content (AvgIpc) is 2.46. The topological polar surface area (TPSA) is 59.1 Å². The highest BCUT2D eigenvalue weighted by Crippen LogP contribution is 2.35. The fraction of sp³-hybridized carbons (Fsp3) is 0.231. The van der Waals surface area contributed by atoms with Crippen molar-refractivity contribution in [2.24, 2.45) is 0 Å². The molecule has 1 aromatic carbocycles. The molecule has 0 aliphatic carbocycles. The van der Waals surface area contributed by atoms with E-state index in [1.165, 1.54) is 25.2 Å². The first kappa shape index (κ1) is 17.6. The summed E-state index contributed by atoms with van der Waals surface area (Å²) in [4.78, 5) is 7.07. The van der Waals surface area contributed by atoms with Gasteiger partial charge in [0.25, 0.3) is 0 Å². The molecule has 0 fully saturated rings. The first-order valence-electron chi connectivity index (χ1n) is 6.34. The van der Waals surface area contributed by atoms with Crippen molar-refractivity contribution in [3.63, 3.8) is 0 Å². The summed E-state index contributed by atoms with van der Waals surface area (Å²) in [5.74, 6) is -1.42. The summed E-state index contributed by atoms with van der Waals surface area (Å²) in [7, 11) is 1.22. The molecule has 2 N–H and O–H groups in total. The monoisotopic (exact) mass is 352 g/mol. The third-order valence-electron chi connectivity index (χ3n) is 2.69. The number of para-hydroxylation sites is 2. The molecule has 0 radical (unpaired) electrons. The molecule has 0 saturated heterocycles. The maximum absolute atomic E-state index is 12.8. The van der Waals surface area contributed by atoms with Crippen LogP contribution in [0.3, 0.4) is 0 Å². The fourth-order valence-corrected chi connectivity index (χ4v) is 1.74. The van der Waals surface area contributed by atoms with Crippen LogP contribution < -0.4 is 15.4 Å². The summed E-state index contributed by atoms with van der Waals surface area (Å²) in [5, 5.41) is 4.65. The molecule has 2 rings (SSSR count). The Hall–Kier alpha value is -2.72. The van der Waals surface area contributed by atoms with Crippen molar-refractivity contribution >= 4 is 17.5 Å². The minimum atomic E-state index is -4.92. The Labute approximate surface area is 131 Å². The number of hydrogen-bond acceptors (Lipinski definition) is 5. The fourth-order valence-electron chi connectivity index (χ4n) is 1.74. The van der Waals surface area contributed by atoms with Gasteiger partial charge in [0.05, 0.1) is 5.69 Å². The van der Waals surface area contributed by atoms with E-state index in [1.54, 1.807) is 0 Å². The van der Waals surface area contributed by atoms with Crippen LogP contribution in [0.15, 0.2) is 30.5 Å². The normalized spacial score (nSPS) is 12.0. The standard InChI is InChI=1S/C13H10F6N4O/c1-20-10-7(12(14,15)16)6-21-11(23-10)22-8-4-2-3-5-9(8)24-13(17,18)19/h2-6H,1H3,(H2,20,21,22,23). The van der Waals surface area contributed by atoms with Gasteiger partial charge in [-0.3, -0.25) is 0 Å². The van der Waals surface area contributed by atoms with Gasteiger partial charge in [-0.2, -0.15) is 18.2 Å². The van der Waals surface area contributed by atoms with Crippen molar-refractivity contribution in [3.05, 3.63) is 36.0 Å². The predicted octanol–water partition coefficient (Wildman–Crippen LogP) is 4.18. The second-order valence-corrected chi connectivity index (χ2v) is 4.37. The van der Waals surface area contributed by atoms with E-state index in [9.17, 15) is 26.3 Å². The lowest BCUT2D eigenvalue weighted by atomic mass is 10.3. The van der Waals surface area contributed by atoms with Gasteiger partial charge >= 0.3 is 12.5 Å². The third-order valence-corrected chi connectivity index (χ3v) is 2.69. The lowest BCUT2D eigenvalue weighted by Crippen LogP contribution is -2.18. The van der Waals surface area contributed by atoms with Gasteiger partial charge in [0.15, 0.2) is 5.75 Å². The van der Waals surface area contributed by atoms with E-state index in [0.29, 0.717) is 6.20 Å². The molecule has 0 amide bonds. The second-order valence-electron chi connectivity index (χ2n) is 4.37. The average molecular weight is 352 g/mol. The molecule has 0 bridgehead atoms. The van der Waals surface area contributed by atoms with Crippen LogP contribution in [0, 0.1) is 0 Å². The Kier molecular flexibility index (Phi) is 4.71. The van der Waals surface area contributed by atoms with Crippen LogP contribution >= 0.6 is 0 Å². The Balaban J connectivity index is 2.32. The zero-order chi connectivity index (χ0) is 18.0. The number of hydrogen-bond donors (Lipinski definition) is 2. The molecule has 0 aliphatic rings. The van der Waals surface area contributed by atoms with E-state index in [0.717, 1.165) is 6.07 Å². The molecule has 24 heavy (non-hydrogen) atoms. The Morgan fingerprint density at radius 2 is 1.71 bits per heavy atom. The highest BCUT2D eigenvalue weighted by molar-refractivity contribution is 5.63. The summed E-state index contributed by atoms with van der Waals surface area (Å²) in [6.07, 6.45) is -9.07. The molecule has 0 saturated carbocycles. The molecule has 11 heteroatoms. The highest BCUT2D eigenvalue weighted by Gasteiger charge is 2.35. The van der Waals surface area contributed by atoms with E-state index in [2.05, 4.69) is 25.3 Å². The Bertz CT molecular complexity index is 716. The van der Waals surface area contributed by atoms with Crippen LogP contribution in [0.2, 0.25) is 0 Å². The number of halogens is 6. The van der Waals surface area contributed by atoms with Gasteiger partial charge in [-0.15, -0.1) is 13.2 Å². The lowest BCUT2D eigenvalue weighted by Gasteiger charge is -2.15. The molecular weight excluding hydrogens is 342 g/mol. The van der Waals surface area contributed by atoms with Crippen molar-refractivity contribution in [3.8, 4) is 5.75 Å². The van der Waals surface area contributed by atoms with E-state index in [-0.39, 0.29) is 11.6 Å². The predicted molar refractivity (Wildman–Crippen MR) is 73.0 cm³/mol. The van der Waals surface area contributed by atoms with Crippen LogP contribution in [0.4, 0.5) is 43.8 Å². The SMILES string of the molecule is CNc1nc(Nc2ccccc2OC(F)(F)F)ncc1C(F)(F)F. The number of benzene rings is 1. The van der Waals surface area contributed by atoms with Gasteiger partial charge in [0, 0.05) is 13.2 Å². The van der Waals surface area contributed by atoms with Crippen molar-refractivity contribution in [1.82, 2.24) is 9.97 Å². The molecule has 0 spiro atoms. The van der Waals surface area contributed by atoms with Gasteiger partial charge in [-0.25, -0.2) is 4.98 Å². The molecule has 0 atom stereocenters. The Morgan fingerprint density at radius 1 is 1.04 bits per heavy atom. The van der Waals surface area contributed by atoms with Crippen LogP contribution in [0.5, 0.6) is 5.75 Å². The largest absolute Gasteiger partial charge is 0.573 e. The van der Waals surface area contributed by atoms with Gasteiger partial charge in [-0.05, 0) is 12.1 Å². The van der Waals surface area contributed by atoms with E-state index in [1.807, 2.05) is 0 Å². The molecule has 0 unspecified atom stereocenters. The van der Waals surface area contributed by atoms with Crippen LogP contribution in [0.25, 0.3) is 0 Å². The number of nitrogens with one attached hydrogen (secondary N) is 2. The molecule has 130 valence electrons. The summed E-state index contributed by atoms with van der Waals surface area (Å²) < 4.78 is 79.1. The minimum absolute atomic E-state index is 0.156. The number of anilines is 3. The van der Waals surface area contributed by atoms with E-state index in [4.69, 9.17) is 0 Å². The summed E-state index contributed by atoms with van der Waals surface area (Å²) in [6.45, 7) is 0. The van der Waals surface area contributed by atoms with Gasteiger partial charge < -0.3 is 15.4 Å². The maximum atomic E-state index is 12.8. The number of aromatic nitrogens is 2. The van der Waals surface area contributed by atoms with E-state index >= 15 is 0 Å². The first-order valence-corrected chi connectivity index (χ1v) is 6.34. The molecule has 1 aromatic heterocycles. The molecule has 0 aliphatic heterocycles. The number of alkyl halides is 6. The number of rotatable bonds is 4. The van der Waals surface area contributed by atoms with Gasteiger partial charge in [0.2, 0.25) is 5.95 Å². The first-order chi connectivity index (χ1) is 11.1. The molecular formula is C13H10F6N4O. The second kappa shape index (κ2) is 6.42. The zero-order valence-electron chi connectivity index (χ0n) is 12.0. The summed E-state index contributed by atoms with van der Waals surface area (Å²) >= 11 is 0. The van der Waals surface area contributed by atoms with E-state index < -0.39 is 29.7 Å². The number of ether oxygens (including phenoxy) is 1. The number of nitrogens with zero attached hydrogens (tertiary/aromatic N) is 2. The van der Waals surface area contributed by atoms with Gasteiger partial charge in [-0.1, -0.05) is 12.1 Å². The van der Waals surface area contributed by atoms with Crippen LogP contribution in [0.1, 0.15) is 5.56 Å². The van der Waals surface area contributed by atoms with Crippen LogP contribution in [-0.4, -0.2) is 23.4 Å². The highest BCUT2D eigenvalue weighted by atomic mass is 19.4.